The van der Waals surface area contributed by atoms with Gasteiger partial charge in [-0.15, -0.1) is 0 Å². The van der Waals surface area contributed by atoms with E-state index in [1.165, 1.54) is 0 Å². The molecule has 0 aromatic carbocycles. The molecule has 1 aliphatic heterocycles. The van der Waals surface area contributed by atoms with Gasteiger partial charge >= 0.3 is 0 Å². The van der Waals surface area contributed by atoms with Crippen LogP contribution in [0.3, 0.4) is 0 Å². The minimum Gasteiger partial charge on any atom is -0.314 e. The summed E-state index contributed by atoms with van der Waals surface area (Å²) < 4.78 is 0. The van der Waals surface area contributed by atoms with Crippen molar-refractivity contribution in [1.29, 1.82) is 0 Å². The maximum Gasteiger partial charge on any atom is 0.0270 e. The second kappa shape index (κ2) is 2.26. The van der Waals surface area contributed by atoms with Crippen molar-refractivity contribution in [2.45, 2.75) is 0 Å². The molecule has 3 heteroatoms. The second-order valence-corrected chi connectivity index (χ2v) is 1.74. The molecular weight excluding hydrogens is 90.1 g/mol. The molecule has 2 N–H and O–H groups in total. The maximum absolute atomic E-state index is 7.07. The lowest BCUT2D eigenvalue weighted by atomic mass is 10.4. The molecule has 0 saturated carbocycles. The van der Waals surface area contributed by atoms with E-state index in [-0.39, 0.29) is 0 Å². The van der Waals surface area contributed by atoms with E-state index in [0.29, 0.717) is 0 Å². The van der Waals surface area contributed by atoms with Gasteiger partial charge in [0.1, 0.15) is 0 Å². The summed E-state index contributed by atoms with van der Waals surface area (Å²) in [7, 11) is 0. The Bertz CT molecular complexity index is 48.9. The van der Waals surface area contributed by atoms with Crippen LogP contribution in [0.4, 0.5) is 0 Å². The third-order valence-corrected chi connectivity index (χ3v) is 1.12. The van der Waals surface area contributed by atoms with Crippen molar-refractivity contribution in [3.05, 3.63) is 0 Å². The average Bonchev–Trinajstić information content (AvgIpc) is 1.69. The molecule has 0 bridgehead atoms. The summed E-state index contributed by atoms with van der Waals surface area (Å²) in [6.45, 7) is 3.70. The zero-order valence-corrected chi connectivity index (χ0v) is 4.28. The minimum absolute atomic E-state index is 0.875. The molecule has 0 amide bonds. The molecule has 0 aromatic heterocycles. The number of hydrogen-bond acceptors (Lipinski definition) is 2. The summed E-state index contributed by atoms with van der Waals surface area (Å²) in [5, 5.41) is 4.73. The highest BCUT2D eigenvalue weighted by molar-refractivity contribution is 4.60. The predicted molar refractivity (Wildman–Crippen MR) is 27.5 cm³/mol. The quantitative estimate of drug-likeness (QED) is 0.428. The molecule has 0 aliphatic carbocycles. The Morgan fingerprint density at radius 2 is 1.86 bits per heavy atom. The van der Waals surface area contributed by atoms with E-state index in [2.05, 4.69) is 5.32 Å². The first kappa shape index (κ1) is 5.03. The molecule has 1 saturated heterocycles. The van der Waals surface area contributed by atoms with E-state index in [9.17, 15) is 0 Å². The predicted octanol–water partition coefficient (Wildman–Crippen LogP) is -0.910. The van der Waals surface area contributed by atoms with Crippen LogP contribution in [-0.2, 0) is 0 Å². The number of piperazine rings is 1. The third kappa shape index (κ3) is 1.43. The highest BCUT2D eigenvalue weighted by Crippen LogP contribution is 1.81. The van der Waals surface area contributed by atoms with Crippen LogP contribution in [-0.4, -0.2) is 31.2 Å². The first-order chi connectivity index (χ1) is 3.39. The van der Waals surface area contributed by atoms with Gasteiger partial charge in [0.15, 0.2) is 0 Å². The van der Waals surface area contributed by atoms with Crippen LogP contribution in [0, 0.1) is 0 Å². The van der Waals surface area contributed by atoms with Gasteiger partial charge in [-0.25, -0.2) is 5.01 Å². The lowest BCUT2D eigenvalue weighted by molar-refractivity contribution is 0.233. The molecule has 1 radical (unpaired) electrons. The summed E-state index contributed by atoms with van der Waals surface area (Å²) in [5.74, 6) is 7.07. The van der Waals surface area contributed by atoms with Gasteiger partial charge in [-0.3, -0.25) is 0 Å². The Morgan fingerprint density at radius 3 is 2.14 bits per heavy atom. The van der Waals surface area contributed by atoms with Crippen molar-refractivity contribution in [2.75, 3.05) is 26.2 Å². The lowest BCUT2D eigenvalue weighted by Crippen LogP contribution is -2.42. The molecule has 1 rings (SSSR count). The van der Waals surface area contributed by atoms with Crippen LogP contribution in [0.2, 0.25) is 0 Å². The molecule has 3 nitrogen and oxygen atoms in total. The first-order valence-corrected chi connectivity index (χ1v) is 2.56. The van der Waals surface area contributed by atoms with Gasteiger partial charge in [-0.05, 0) is 0 Å². The zero-order chi connectivity index (χ0) is 5.11. The van der Waals surface area contributed by atoms with Crippen LogP contribution in [0.5, 0.6) is 0 Å². The summed E-state index contributed by atoms with van der Waals surface area (Å²) in [4.78, 5) is 0. The number of nitrogens with one attached hydrogen (secondary N) is 2. The van der Waals surface area contributed by atoms with Gasteiger partial charge in [-0.2, -0.15) is 5.84 Å². The monoisotopic (exact) mass is 100 g/mol. The molecule has 1 aliphatic rings. The van der Waals surface area contributed by atoms with Crippen molar-refractivity contribution in [3.63, 3.8) is 0 Å². The largest absolute Gasteiger partial charge is 0.314 e. The van der Waals surface area contributed by atoms with Crippen LogP contribution in [0.1, 0.15) is 0 Å². The lowest BCUT2D eigenvalue weighted by Gasteiger charge is -2.20. The molecule has 1 fully saturated rings. The van der Waals surface area contributed by atoms with Gasteiger partial charge in [-0.1, -0.05) is 0 Å². The summed E-state index contributed by atoms with van der Waals surface area (Å²) >= 11 is 0. The molecule has 7 heavy (non-hydrogen) atoms. The maximum atomic E-state index is 7.07. The summed E-state index contributed by atoms with van der Waals surface area (Å²) in [5.41, 5.74) is 0. The van der Waals surface area contributed by atoms with E-state index in [1.807, 2.05) is 0 Å². The van der Waals surface area contributed by atoms with Gasteiger partial charge < -0.3 is 5.32 Å². The Kier molecular flexibility index (Phi) is 1.62. The fourth-order valence-electron chi connectivity index (χ4n) is 0.665. The number of hydrogen-bond donors (Lipinski definition) is 1. The normalized spacial score (nSPS) is 25.3. The van der Waals surface area contributed by atoms with Gasteiger partial charge in [0, 0.05) is 26.2 Å². The fraction of sp³-hybridized carbons (Fsp3) is 1.00. The van der Waals surface area contributed by atoms with Crippen LogP contribution < -0.4 is 11.2 Å². The molecule has 1 heterocycles. The third-order valence-electron chi connectivity index (χ3n) is 1.12. The molecule has 0 unspecified atom stereocenters. The molecular formula is C4H10N3. The van der Waals surface area contributed by atoms with Crippen LogP contribution in [0.25, 0.3) is 0 Å². The first-order valence-electron chi connectivity index (χ1n) is 2.56. The van der Waals surface area contributed by atoms with Crippen molar-refractivity contribution in [1.82, 2.24) is 16.2 Å². The van der Waals surface area contributed by atoms with E-state index in [1.54, 1.807) is 5.01 Å². The van der Waals surface area contributed by atoms with Gasteiger partial charge in [0.25, 0.3) is 0 Å². The van der Waals surface area contributed by atoms with Crippen molar-refractivity contribution in [2.24, 2.45) is 0 Å². The zero-order valence-electron chi connectivity index (χ0n) is 4.28. The van der Waals surface area contributed by atoms with Crippen molar-refractivity contribution in [3.8, 4) is 0 Å². The smallest absolute Gasteiger partial charge is 0.0270 e. The van der Waals surface area contributed by atoms with Gasteiger partial charge in [0.05, 0.1) is 0 Å². The Balaban J connectivity index is 2.12. The molecule has 0 atom stereocenters. The molecule has 41 valence electrons. The van der Waals surface area contributed by atoms with E-state index >= 15 is 0 Å². The number of nitrogens with zero attached hydrogens (tertiary/aromatic N) is 1. The van der Waals surface area contributed by atoms with Crippen molar-refractivity contribution >= 4 is 0 Å². The number of rotatable bonds is 0. The van der Waals surface area contributed by atoms with E-state index in [4.69, 9.17) is 5.84 Å². The standard InChI is InChI=1S/C4H10N3/c5-7-3-1-6-2-4-7/h5-6H,1-4H2. The van der Waals surface area contributed by atoms with Gasteiger partial charge in [0.2, 0.25) is 0 Å². The summed E-state index contributed by atoms with van der Waals surface area (Å²) in [6.07, 6.45) is 0. The second-order valence-electron chi connectivity index (χ2n) is 1.74. The molecule has 0 spiro atoms. The van der Waals surface area contributed by atoms with Crippen LogP contribution >= 0.6 is 0 Å². The van der Waals surface area contributed by atoms with E-state index < -0.39 is 0 Å². The highest BCUT2D eigenvalue weighted by Gasteiger charge is 2.02. The highest BCUT2D eigenvalue weighted by atomic mass is 15.4. The van der Waals surface area contributed by atoms with E-state index in [0.717, 1.165) is 26.2 Å². The Labute approximate surface area is 43.4 Å². The average molecular weight is 100 g/mol. The SMILES string of the molecule is [NH]N1CCNCC1. The fourth-order valence-corrected chi connectivity index (χ4v) is 0.665. The van der Waals surface area contributed by atoms with Crippen molar-refractivity contribution < 1.29 is 0 Å². The summed E-state index contributed by atoms with van der Waals surface area (Å²) in [6, 6.07) is 0. The van der Waals surface area contributed by atoms with Crippen LogP contribution in [0.15, 0.2) is 0 Å². The minimum atomic E-state index is 0.875. The Hall–Kier alpha value is -0.120. The molecule has 0 aromatic rings. The topological polar surface area (TPSA) is 39.1 Å². The Morgan fingerprint density at radius 1 is 1.29 bits per heavy atom.